The third-order valence-electron chi connectivity index (χ3n) is 6.63. The Labute approximate surface area is 190 Å². The third-order valence-corrected chi connectivity index (χ3v) is 7.22. The van der Waals surface area contributed by atoms with Crippen molar-refractivity contribution in [3.05, 3.63) is 76.5 Å². The fourth-order valence-corrected chi connectivity index (χ4v) is 5.21. The molecular weight excluding hydrogens is 425 g/mol. The Kier molecular flexibility index (Phi) is 5.74. The molecule has 5 rings (SSSR count). The maximum absolute atomic E-state index is 13.5. The number of piperidine rings is 1. The second-order valence-electron chi connectivity index (χ2n) is 8.56. The molecule has 0 spiro atoms. The molecule has 0 unspecified atom stereocenters. The first-order valence-corrected chi connectivity index (χ1v) is 11.9. The van der Waals surface area contributed by atoms with Crippen LogP contribution in [-0.2, 0) is 0 Å². The first-order valence-electron chi connectivity index (χ1n) is 10.9. The van der Waals surface area contributed by atoms with Gasteiger partial charge in [0.05, 0.1) is 5.51 Å². The first-order chi connectivity index (χ1) is 15.6. The minimum absolute atomic E-state index is 0.0248. The smallest absolute Gasteiger partial charge is 0.273 e. The lowest BCUT2D eigenvalue weighted by atomic mass is 9.79. The van der Waals surface area contributed by atoms with Crippen LogP contribution in [0.25, 0.3) is 11.1 Å². The molecule has 2 amide bonds. The summed E-state index contributed by atoms with van der Waals surface area (Å²) in [5, 5.41) is 1.80. The number of benzene rings is 2. The third kappa shape index (κ3) is 4.17. The molecule has 3 aromatic rings. The van der Waals surface area contributed by atoms with E-state index in [1.165, 1.54) is 23.5 Å². The van der Waals surface area contributed by atoms with Gasteiger partial charge in [0.2, 0.25) is 0 Å². The number of thiazole rings is 1. The van der Waals surface area contributed by atoms with Crippen LogP contribution in [0.5, 0.6) is 0 Å². The second-order valence-corrected chi connectivity index (χ2v) is 9.28. The number of aromatic nitrogens is 1. The van der Waals surface area contributed by atoms with Crippen molar-refractivity contribution in [2.75, 3.05) is 26.2 Å². The van der Waals surface area contributed by atoms with E-state index >= 15 is 0 Å². The molecule has 0 saturated carbocycles. The van der Waals surface area contributed by atoms with E-state index in [0.717, 1.165) is 50.1 Å². The molecule has 2 aliphatic rings. The maximum Gasteiger partial charge on any atom is 0.273 e. The van der Waals surface area contributed by atoms with E-state index in [-0.39, 0.29) is 17.6 Å². The van der Waals surface area contributed by atoms with Gasteiger partial charge in [-0.25, -0.2) is 9.37 Å². The molecule has 2 fully saturated rings. The average molecular weight is 450 g/mol. The minimum atomic E-state index is -0.271. The molecule has 0 N–H and O–H groups in total. The van der Waals surface area contributed by atoms with Crippen LogP contribution in [0.4, 0.5) is 4.39 Å². The van der Waals surface area contributed by atoms with Gasteiger partial charge in [0.15, 0.2) is 0 Å². The number of likely N-dealkylation sites (tertiary alicyclic amines) is 2. The van der Waals surface area contributed by atoms with E-state index < -0.39 is 0 Å². The molecule has 2 aliphatic heterocycles. The standard InChI is InChI=1S/C25H24FN3O2S/c26-22-3-1-2-20(12-22)17-4-6-19(7-5-17)24(30)28-10-8-18(9-11-28)21-13-29(14-21)25(31)23-15-32-16-27-23/h1-7,12,15-16,18,21H,8-11,13-14H2. The monoisotopic (exact) mass is 449 g/mol. The lowest BCUT2D eigenvalue weighted by molar-refractivity contribution is 0.0225. The van der Waals surface area contributed by atoms with Crippen molar-refractivity contribution in [2.45, 2.75) is 12.8 Å². The number of amides is 2. The molecule has 0 bridgehead atoms. The number of hydrogen-bond donors (Lipinski definition) is 0. The number of nitrogens with zero attached hydrogens (tertiary/aromatic N) is 3. The molecule has 1 aromatic heterocycles. The lowest BCUT2D eigenvalue weighted by Gasteiger charge is -2.45. The van der Waals surface area contributed by atoms with Crippen LogP contribution in [-0.4, -0.2) is 52.8 Å². The number of halogens is 1. The van der Waals surface area contributed by atoms with E-state index in [1.54, 1.807) is 17.0 Å². The fraction of sp³-hybridized carbons (Fsp3) is 0.320. The van der Waals surface area contributed by atoms with Crippen molar-refractivity contribution in [1.29, 1.82) is 0 Å². The quantitative estimate of drug-likeness (QED) is 0.586. The van der Waals surface area contributed by atoms with Gasteiger partial charge in [-0.3, -0.25) is 9.59 Å². The summed E-state index contributed by atoms with van der Waals surface area (Å²) in [7, 11) is 0. The molecule has 2 aromatic carbocycles. The van der Waals surface area contributed by atoms with E-state index in [4.69, 9.17) is 0 Å². The summed E-state index contributed by atoms with van der Waals surface area (Å²) in [6.07, 6.45) is 1.94. The Hall–Kier alpha value is -3.06. The van der Waals surface area contributed by atoms with Gasteiger partial charge in [-0.1, -0.05) is 24.3 Å². The second kappa shape index (κ2) is 8.82. The summed E-state index contributed by atoms with van der Waals surface area (Å²) in [5.74, 6) is 0.863. The SMILES string of the molecule is O=C(c1ccc(-c2cccc(F)c2)cc1)N1CCC(C2CN(C(=O)c3cscn3)C2)CC1. The number of carbonyl (C=O) groups excluding carboxylic acids is 2. The molecule has 5 nitrogen and oxygen atoms in total. The van der Waals surface area contributed by atoms with Crippen LogP contribution in [0.3, 0.4) is 0 Å². The molecular formula is C25H24FN3O2S. The van der Waals surface area contributed by atoms with Crippen LogP contribution in [0.15, 0.2) is 59.4 Å². The van der Waals surface area contributed by atoms with Crippen molar-refractivity contribution in [2.24, 2.45) is 11.8 Å². The molecule has 2 saturated heterocycles. The normalized spacial score (nSPS) is 17.3. The summed E-state index contributed by atoms with van der Waals surface area (Å²) < 4.78 is 13.5. The Morgan fingerprint density at radius 2 is 1.66 bits per heavy atom. The number of carbonyl (C=O) groups is 2. The summed E-state index contributed by atoms with van der Waals surface area (Å²) in [6, 6.07) is 13.8. The van der Waals surface area contributed by atoms with Crippen LogP contribution in [0.2, 0.25) is 0 Å². The molecule has 0 atom stereocenters. The van der Waals surface area contributed by atoms with Gasteiger partial charge in [-0.15, -0.1) is 11.3 Å². The van der Waals surface area contributed by atoms with Crippen molar-refractivity contribution < 1.29 is 14.0 Å². The highest BCUT2D eigenvalue weighted by Gasteiger charge is 2.38. The summed E-state index contributed by atoms with van der Waals surface area (Å²) >= 11 is 1.44. The zero-order valence-electron chi connectivity index (χ0n) is 17.6. The van der Waals surface area contributed by atoms with Crippen LogP contribution < -0.4 is 0 Å². The minimum Gasteiger partial charge on any atom is -0.339 e. The highest BCUT2D eigenvalue weighted by atomic mass is 32.1. The highest BCUT2D eigenvalue weighted by molar-refractivity contribution is 7.07. The van der Waals surface area contributed by atoms with Crippen LogP contribution in [0, 0.1) is 17.7 Å². The topological polar surface area (TPSA) is 53.5 Å². The zero-order valence-corrected chi connectivity index (χ0v) is 18.4. The van der Waals surface area contributed by atoms with Gasteiger partial charge in [0.25, 0.3) is 11.8 Å². The van der Waals surface area contributed by atoms with Crippen LogP contribution in [0.1, 0.15) is 33.7 Å². The lowest BCUT2D eigenvalue weighted by Crippen LogP contribution is -2.54. The van der Waals surface area contributed by atoms with E-state index in [0.29, 0.717) is 23.1 Å². The van der Waals surface area contributed by atoms with Gasteiger partial charge < -0.3 is 9.80 Å². The van der Waals surface area contributed by atoms with E-state index in [9.17, 15) is 14.0 Å². The van der Waals surface area contributed by atoms with Crippen molar-refractivity contribution >= 4 is 23.2 Å². The van der Waals surface area contributed by atoms with Gasteiger partial charge in [0.1, 0.15) is 11.5 Å². The zero-order chi connectivity index (χ0) is 22.1. The number of rotatable bonds is 4. The molecule has 0 aliphatic carbocycles. The van der Waals surface area contributed by atoms with Crippen LogP contribution >= 0.6 is 11.3 Å². The average Bonchev–Trinajstić information content (AvgIpc) is 3.33. The highest BCUT2D eigenvalue weighted by Crippen LogP contribution is 2.33. The Balaban J connectivity index is 1.13. The van der Waals surface area contributed by atoms with Crippen molar-refractivity contribution in [1.82, 2.24) is 14.8 Å². The van der Waals surface area contributed by atoms with Gasteiger partial charge in [0, 0.05) is 37.1 Å². The van der Waals surface area contributed by atoms with Crippen molar-refractivity contribution in [3.8, 4) is 11.1 Å². The summed E-state index contributed by atoms with van der Waals surface area (Å²) in [4.78, 5) is 33.2. The van der Waals surface area contributed by atoms with Gasteiger partial charge in [-0.2, -0.15) is 0 Å². The van der Waals surface area contributed by atoms with Crippen molar-refractivity contribution in [3.63, 3.8) is 0 Å². The molecule has 3 heterocycles. The van der Waals surface area contributed by atoms with Gasteiger partial charge in [-0.05, 0) is 60.1 Å². The predicted octanol–water partition coefficient (Wildman–Crippen LogP) is 4.57. The Morgan fingerprint density at radius 3 is 2.31 bits per heavy atom. The molecule has 32 heavy (non-hydrogen) atoms. The fourth-order valence-electron chi connectivity index (χ4n) is 4.69. The predicted molar refractivity (Wildman–Crippen MR) is 122 cm³/mol. The summed E-state index contributed by atoms with van der Waals surface area (Å²) in [6.45, 7) is 3.06. The Morgan fingerprint density at radius 1 is 0.906 bits per heavy atom. The van der Waals surface area contributed by atoms with Gasteiger partial charge >= 0.3 is 0 Å². The molecule has 0 radical (unpaired) electrons. The van der Waals surface area contributed by atoms with E-state index in [1.807, 2.05) is 40.1 Å². The summed E-state index contributed by atoms with van der Waals surface area (Å²) in [5.41, 5.74) is 4.57. The largest absolute Gasteiger partial charge is 0.339 e. The van der Waals surface area contributed by atoms with E-state index in [2.05, 4.69) is 4.98 Å². The number of hydrogen-bond acceptors (Lipinski definition) is 4. The maximum atomic E-state index is 13.5. The Bertz CT molecular complexity index is 1100. The molecule has 7 heteroatoms. The first kappa shape index (κ1) is 20.8. The molecule has 164 valence electrons.